The third-order valence-electron chi connectivity index (χ3n) is 2.34. The topological polar surface area (TPSA) is 118 Å². The summed E-state index contributed by atoms with van der Waals surface area (Å²) in [6, 6.07) is 3.94. The van der Waals surface area contributed by atoms with Crippen molar-refractivity contribution in [3.8, 4) is 0 Å². The molecular formula is C12H14BrN3O4S. The zero-order valence-corrected chi connectivity index (χ0v) is 13.3. The van der Waals surface area contributed by atoms with Crippen LogP contribution in [0.25, 0.3) is 0 Å². The summed E-state index contributed by atoms with van der Waals surface area (Å²) in [6.07, 6.45) is 1.50. The fourth-order valence-electron chi connectivity index (χ4n) is 1.36. The van der Waals surface area contributed by atoms with E-state index in [1.165, 1.54) is 24.3 Å². The molecule has 0 radical (unpaired) electrons. The molecule has 21 heavy (non-hydrogen) atoms. The number of hydrogen-bond donors (Lipinski definition) is 3. The van der Waals surface area contributed by atoms with Crippen molar-refractivity contribution < 1.29 is 18.0 Å². The van der Waals surface area contributed by atoms with Gasteiger partial charge in [-0.3, -0.25) is 9.59 Å². The second kappa shape index (κ2) is 7.34. The number of primary amides is 1. The fraction of sp³-hybridized carbons (Fsp3) is 0.167. The van der Waals surface area contributed by atoms with Crippen molar-refractivity contribution in [2.24, 2.45) is 5.73 Å². The minimum atomic E-state index is -3.92. The number of hydrogen-bond acceptors (Lipinski definition) is 4. The molecule has 1 rings (SSSR count). The number of rotatable bonds is 7. The van der Waals surface area contributed by atoms with Gasteiger partial charge in [0.25, 0.3) is 5.91 Å². The Labute approximate surface area is 130 Å². The summed E-state index contributed by atoms with van der Waals surface area (Å²) < 4.78 is 26.4. The van der Waals surface area contributed by atoms with Crippen LogP contribution in [0.4, 0.5) is 0 Å². The molecule has 0 aliphatic carbocycles. The van der Waals surface area contributed by atoms with Crippen molar-refractivity contribution in [3.63, 3.8) is 0 Å². The van der Waals surface area contributed by atoms with Gasteiger partial charge in [0, 0.05) is 11.0 Å². The molecule has 0 spiro atoms. The Morgan fingerprint density at radius 3 is 2.62 bits per heavy atom. The number of halogens is 1. The van der Waals surface area contributed by atoms with E-state index >= 15 is 0 Å². The van der Waals surface area contributed by atoms with Gasteiger partial charge >= 0.3 is 0 Å². The van der Waals surface area contributed by atoms with Gasteiger partial charge in [-0.15, -0.1) is 6.58 Å². The normalized spacial score (nSPS) is 10.9. The quantitative estimate of drug-likeness (QED) is 0.586. The van der Waals surface area contributed by atoms with E-state index < -0.39 is 28.4 Å². The highest BCUT2D eigenvalue weighted by Gasteiger charge is 2.18. The molecule has 2 amide bonds. The summed E-state index contributed by atoms with van der Waals surface area (Å²) in [4.78, 5) is 22.4. The zero-order valence-electron chi connectivity index (χ0n) is 10.9. The van der Waals surface area contributed by atoms with Crippen LogP contribution in [0.2, 0.25) is 0 Å². The standard InChI is InChI=1S/C12H14BrN3O4S/c1-2-5-15-12(18)9-6-8(3-4-10(9)13)21(19,20)16-7-11(14)17/h2-4,6,16H,1,5,7H2,(H2,14,17)(H,15,18). The summed E-state index contributed by atoms with van der Waals surface area (Å²) in [6.45, 7) is 3.20. The smallest absolute Gasteiger partial charge is 0.252 e. The van der Waals surface area contributed by atoms with Crippen LogP contribution >= 0.6 is 15.9 Å². The van der Waals surface area contributed by atoms with E-state index in [-0.39, 0.29) is 17.0 Å². The monoisotopic (exact) mass is 375 g/mol. The molecule has 114 valence electrons. The van der Waals surface area contributed by atoms with Crippen LogP contribution in [0.5, 0.6) is 0 Å². The first-order valence-electron chi connectivity index (χ1n) is 5.74. The maximum Gasteiger partial charge on any atom is 0.252 e. The molecule has 0 aromatic heterocycles. The summed E-state index contributed by atoms with van der Waals surface area (Å²) >= 11 is 3.18. The van der Waals surface area contributed by atoms with Crippen LogP contribution in [-0.4, -0.2) is 33.3 Å². The third-order valence-corrected chi connectivity index (χ3v) is 4.43. The molecule has 9 heteroatoms. The minimum Gasteiger partial charge on any atom is -0.369 e. The molecule has 7 nitrogen and oxygen atoms in total. The molecule has 0 aliphatic heterocycles. The van der Waals surface area contributed by atoms with Crippen LogP contribution in [0.1, 0.15) is 10.4 Å². The van der Waals surface area contributed by atoms with Gasteiger partial charge in [-0.1, -0.05) is 6.08 Å². The van der Waals surface area contributed by atoms with E-state index in [1.807, 2.05) is 4.72 Å². The molecular weight excluding hydrogens is 362 g/mol. The molecule has 0 saturated carbocycles. The number of carbonyl (C=O) groups excluding carboxylic acids is 2. The molecule has 0 saturated heterocycles. The number of nitrogens with one attached hydrogen (secondary N) is 2. The first-order chi connectivity index (χ1) is 9.77. The van der Waals surface area contributed by atoms with E-state index in [4.69, 9.17) is 5.73 Å². The van der Waals surface area contributed by atoms with Crippen molar-refractivity contribution in [1.29, 1.82) is 0 Å². The molecule has 0 atom stereocenters. The largest absolute Gasteiger partial charge is 0.369 e. The number of benzene rings is 1. The molecule has 0 bridgehead atoms. The van der Waals surface area contributed by atoms with Crippen LogP contribution in [0.15, 0.2) is 40.2 Å². The highest BCUT2D eigenvalue weighted by molar-refractivity contribution is 9.10. The second-order valence-corrected chi connectivity index (χ2v) is 6.55. The van der Waals surface area contributed by atoms with Crippen LogP contribution in [0, 0.1) is 0 Å². The first-order valence-corrected chi connectivity index (χ1v) is 8.02. The summed E-state index contributed by atoms with van der Waals surface area (Å²) in [5.74, 6) is -1.26. The van der Waals surface area contributed by atoms with Gasteiger partial charge in [0.2, 0.25) is 15.9 Å². The molecule has 1 aromatic rings. The lowest BCUT2D eigenvalue weighted by atomic mass is 10.2. The Kier molecular flexibility index (Phi) is 6.06. The molecule has 1 aromatic carbocycles. The lowest BCUT2D eigenvalue weighted by Crippen LogP contribution is -2.33. The van der Waals surface area contributed by atoms with Crippen LogP contribution in [0.3, 0.4) is 0 Å². The lowest BCUT2D eigenvalue weighted by molar-refractivity contribution is -0.116. The maximum atomic E-state index is 12.0. The maximum absolute atomic E-state index is 12.0. The van der Waals surface area contributed by atoms with Gasteiger partial charge in [-0.2, -0.15) is 0 Å². The average molecular weight is 376 g/mol. The number of sulfonamides is 1. The molecule has 0 heterocycles. The van der Waals surface area contributed by atoms with Crippen molar-refractivity contribution in [2.45, 2.75) is 4.90 Å². The fourth-order valence-corrected chi connectivity index (χ4v) is 2.80. The van der Waals surface area contributed by atoms with Gasteiger partial charge in [0.05, 0.1) is 17.0 Å². The third kappa shape index (κ3) is 4.96. The first kappa shape index (κ1) is 17.3. The predicted molar refractivity (Wildman–Crippen MR) is 81.1 cm³/mol. The second-order valence-electron chi connectivity index (χ2n) is 3.93. The number of carbonyl (C=O) groups is 2. The van der Waals surface area contributed by atoms with E-state index in [2.05, 4.69) is 27.8 Å². The molecule has 0 unspecified atom stereocenters. The Morgan fingerprint density at radius 1 is 1.38 bits per heavy atom. The van der Waals surface area contributed by atoms with Crippen molar-refractivity contribution in [2.75, 3.05) is 13.1 Å². The Bertz CT molecular complexity index is 673. The van der Waals surface area contributed by atoms with Crippen LogP contribution < -0.4 is 15.8 Å². The Morgan fingerprint density at radius 2 is 2.05 bits per heavy atom. The van der Waals surface area contributed by atoms with Crippen molar-refractivity contribution in [3.05, 3.63) is 40.9 Å². The molecule has 0 fully saturated rings. The van der Waals surface area contributed by atoms with Gasteiger partial charge in [0.1, 0.15) is 0 Å². The zero-order chi connectivity index (χ0) is 16.0. The summed E-state index contributed by atoms with van der Waals surface area (Å²) in [5.41, 5.74) is 5.04. The van der Waals surface area contributed by atoms with Gasteiger partial charge in [-0.05, 0) is 34.1 Å². The predicted octanol–water partition coefficient (Wildman–Crippen LogP) is 0.129. The van der Waals surface area contributed by atoms with E-state index in [9.17, 15) is 18.0 Å². The summed E-state index contributed by atoms with van der Waals surface area (Å²) in [7, 11) is -3.92. The van der Waals surface area contributed by atoms with Crippen molar-refractivity contribution in [1.82, 2.24) is 10.0 Å². The lowest BCUT2D eigenvalue weighted by Gasteiger charge is -2.09. The summed E-state index contributed by atoms with van der Waals surface area (Å²) in [5, 5.41) is 2.54. The highest BCUT2D eigenvalue weighted by Crippen LogP contribution is 2.21. The number of nitrogens with two attached hydrogens (primary N) is 1. The van der Waals surface area contributed by atoms with Crippen LogP contribution in [-0.2, 0) is 14.8 Å². The van der Waals surface area contributed by atoms with E-state index in [1.54, 1.807) is 0 Å². The average Bonchev–Trinajstić information content (AvgIpc) is 2.43. The van der Waals surface area contributed by atoms with Gasteiger partial charge in [0.15, 0.2) is 0 Å². The minimum absolute atomic E-state index is 0.143. The highest BCUT2D eigenvalue weighted by atomic mass is 79.9. The SMILES string of the molecule is C=CCNC(=O)c1cc(S(=O)(=O)NCC(N)=O)ccc1Br. The number of amides is 2. The van der Waals surface area contributed by atoms with E-state index in [0.29, 0.717) is 4.47 Å². The Hall–Kier alpha value is -1.71. The van der Waals surface area contributed by atoms with Gasteiger partial charge in [-0.25, -0.2) is 13.1 Å². The Balaban J connectivity index is 3.08. The van der Waals surface area contributed by atoms with Crippen molar-refractivity contribution >= 4 is 37.8 Å². The van der Waals surface area contributed by atoms with E-state index in [0.717, 1.165) is 0 Å². The molecule has 0 aliphatic rings. The van der Waals surface area contributed by atoms with Gasteiger partial charge < -0.3 is 11.1 Å². The molecule has 4 N–H and O–H groups in total.